The number of carboxylic acids is 1. The molecule has 1 N–H and O–H groups in total. The summed E-state index contributed by atoms with van der Waals surface area (Å²) >= 11 is 5.96. The monoisotopic (exact) mass is 682 g/mol. The van der Waals surface area contributed by atoms with Crippen LogP contribution in [0.5, 0.6) is 11.5 Å². The van der Waals surface area contributed by atoms with Crippen molar-refractivity contribution in [2.24, 2.45) is 11.8 Å². The van der Waals surface area contributed by atoms with Crippen molar-refractivity contribution in [3.8, 4) is 11.5 Å². The van der Waals surface area contributed by atoms with Gasteiger partial charge in [0.05, 0.1) is 12.5 Å². The Labute approximate surface area is 294 Å². The van der Waals surface area contributed by atoms with Crippen LogP contribution in [0.1, 0.15) is 133 Å². The number of unbranched alkanes of at least 4 members (excludes halogenated alkanes) is 2. The average Bonchev–Trinajstić information content (AvgIpc) is 3.08. The Balaban J connectivity index is 1.69. The highest BCUT2D eigenvalue weighted by Crippen LogP contribution is 2.47. The normalized spacial score (nSPS) is 20.2. The van der Waals surface area contributed by atoms with Gasteiger partial charge in [0.1, 0.15) is 23.0 Å². The summed E-state index contributed by atoms with van der Waals surface area (Å²) in [4.78, 5) is 25.0. The van der Waals surface area contributed by atoms with E-state index >= 15 is 0 Å². The van der Waals surface area contributed by atoms with E-state index < -0.39 is 23.1 Å². The van der Waals surface area contributed by atoms with Gasteiger partial charge in [0.25, 0.3) is 0 Å². The largest absolute Gasteiger partial charge is 0.493 e. The number of fused-ring (bicyclic) bond motifs is 1. The zero-order valence-corrected chi connectivity index (χ0v) is 30.8. The van der Waals surface area contributed by atoms with Crippen LogP contribution in [0, 0.1) is 11.8 Å². The Hall–Kier alpha value is -2.73. The van der Waals surface area contributed by atoms with Gasteiger partial charge in [0.15, 0.2) is 5.60 Å². The smallest absolute Gasteiger partial charge is 0.321 e. The standard InChI is InChI=1S/C41H59ClO6/c1-6-9-15-31-26-32(16-10-7-2)35-27-37(47-40(45)30-17-12-11-13-18-30)41(28(4)5,48-38(35)34(31)14-8-3)23-24-46-33-21-19-29(20-22-33)25-36(42)39(43)44/h19-22,26,28,30,36-37H,6-18,23-25,27H2,1-5H3,(H,43,44). The zero-order valence-electron chi connectivity index (χ0n) is 30.1. The van der Waals surface area contributed by atoms with E-state index in [2.05, 4.69) is 40.7 Å². The number of carbonyl (C=O) groups excluding carboxylic acids is 1. The molecule has 1 fully saturated rings. The number of benzene rings is 2. The fraction of sp³-hybridized carbons (Fsp3) is 0.659. The van der Waals surface area contributed by atoms with Crippen LogP contribution in [0.2, 0.25) is 0 Å². The summed E-state index contributed by atoms with van der Waals surface area (Å²) in [6, 6.07) is 9.90. The molecule has 266 valence electrons. The number of rotatable bonds is 18. The molecule has 6 nitrogen and oxygen atoms in total. The van der Waals surface area contributed by atoms with Gasteiger partial charge < -0.3 is 19.3 Å². The van der Waals surface area contributed by atoms with Crippen LogP contribution in [0.15, 0.2) is 30.3 Å². The van der Waals surface area contributed by atoms with E-state index in [-0.39, 0.29) is 24.2 Å². The molecular formula is C41H59ClO6. The van der Waals surface area contributed by atoms with E-state index in [1.54, 1.807) is 0 Å². The van der Waals surface area contributed by atoms with E-state index in [4.69, 9.17) is 25.8 Å². The number of carbonyl (C=O) groups is 2. The van der Waals surface area contributed by atoms with Crippen molar-refractivity contribution in [3.05, 3.63) is 58.1 Å². The number of hydrogen-bond acceptors (Lipinski definition) is 5. The van der Waals surface area contributed by atoms with Gasteiger partial charge in [-0.15, -0.1) is 11.6 Å². The Morgan fingerprint density at radius 2 is 1.62 bits per heavy atom. The molecule has 0 radical (unpaired) electrons. The third kappa shape index (κ3) is 9.49. The van der Waals surface area contributed by atoms with Crippen molar-refractivity contribution in [2.75, 3.05) is 6.61 Å². The molecule has 1 aliphatic carbocycles. The lowest BCUT2D eigenvalue weighted by atomic mass is 9.75. The fourth-order valence-electron chi connectivity index (χ4n) is 7.57. The maximum Gasteiger partial charge on any atom is 0.321 e. The molecule has 7 heteroatoms. The number of alkyl halides is 1. The first-order valence-electron chi connectivity index (χ1n) is 18.8. The van der Waals surface area contributed by atoms with Gasteiger partial charge in [-0.2, -0.15) is 0 Å². The Morgan fingerprint density at radius 1 is 0.958 bits per heavy atom. The number of ether oxygens (including phenoxy) is 3. The highest BCUT2D eigenvalue weighted by atomic mass is 35.5. The van der Waals surface area contributed by atoms with Crippen LogP contribution in [0.25, 0.3) is 0 Å². The van der Waals surface area contributed by atoms with Gasteiger partial charge in [-0.1, -0.05) is 91.3 Å². The van der Waals surface area contributed by atoms with E-state index in [1.165, 1.54) is 28.7 Å². The molecule has 2 aliphatic rings. The number of aliphatic carboxylic acids is 1. The summed E-state index contributed by atoms with van der Waals surface area (Å²) in [5.74, 6) is 0.650. The lowest BCUT2D eigenvalue weighted by Crippen LogP contribution is -2.58. The topological polar surface area (TPSA) is 82.1 Å². The van der Waals surface area contributed by atoms with Gasteiger partial charge in [-0.05, 0) is 91.7 Å². The van der Waals surface area contributed by atoms with Crippen LogP contribution in [0.3, 0.4) is 0 Å². The predicted octanol–water partition coefficient (Wildman–Crippen LogP) is 9.85. The highest BCUT2D eigenvalue weighted by molar-refractivity contribution is 6.29. The number of esters is 1. The summed E-state index contributed by atoms with van der Waals surface area (Å²) in [6.07, 6.45) is 14.8. The van der Waals surface area contributed by atoms with Crippen molar-refractivity contribution < 1.29 is 28.9 Å². The molecule has 3 unspecified atom stereocenters. The maximum absolute atomic E-state index is 13.8. The highest BCUT2D eigenvalue weighted by Gasteiger charge is 2.51. The van der Waals surface area contributed by atoms with Gasteiger partial charge in [0, 0.05) is 18.4 Å². The summed E-state index contributed by atoms with van der Waals surface area (Å²) < 4.78 is 20.3. The minimum atomic E-state index is -1.03. The molecule has 0 aromatic heterocycles. The summed E-state index contributed by atoms with van der Waals surface area (Å²) in [6.45, 7) is 11.5. The van der Waals surface area contributed by atoms with Crippen LogP contribution in [-0.4, -0.2) is 40.7 Å². The fourth-order valence-corrected chi connectivity index (χ4v) is 7.75. The molecule has 0 amide bonds. The number of carboxylic acid groups (broad SMARTS) is 1. The third-order valence-electron chi connectivity index (χ3n) is 10.5. The second-order valence-corrected chi connectivity index (χ2v) is 14.9. The van der Waals surface area contributed by atoms with Gasteiger partial charge >= 0.3 is 11.9 Å². The molecule has 1 heterocycles. The zero-order chi connectivity index (χ0) is 34.7. The second kappa shape index (κ2) is 18.3. The molecule has 3 atom stereocenters. The summed E-state index contributed by atoms with van der Waals surface area (Å²) in [5, 5.41) is 8.20. The molecule has 48 heavy (non-hydrogen) atoms. The number of hydrogen-bond donors (Lipinski definition) is 1. The first-order chi connectivity index (χ1) is 23.1. The Morgan fingerprint density at radius 3 is 2.23 bits per heavy atom. The van der Waals surface area contributed by atoms with Crippen LogP contribution in [-0.2, 0) is 46.4 Å². The van der Waals surface area contributed by atoms with Crippen molar-refractivity contribution in [2.45, 2.75) is 154 Å². The first-order valence-corrected chi connectivity index (χ1v) is 19.2. The molecule has 1 aliphatic heterocycles. The molecule has 0 saturated heterocycles. The number of halogens is 1. The maximum atomic E-state index is 13.8. The van der Waals surface area contributed by atoms with E-state index in [0.717, 1.165) is 88.4 Å². The lowest BCUT2D eigenvalue weighted by Gasteiger charge is -2.48. The minimum Gasteiger partial charge on any atom is -0.493 e. The number of aryl methyl sites for hydroxylation is 2. The molecular weight excluding hydrogens is 624 g/mol. The second-order valence-electron chi connectivity index (χ2n) is 14.4. The first kappa shape index (κ1) is 38.1. The summed E-state index contributed by atoms with van der Waals surface area (Å²) in [5.41, 5.74) is 5.42. The van der Waals surface area contributed by atoms with Crippen LogP contribution < -0.4 is 9.47 Å². The van der Waals surface area contributed by atoms with Crippen molar-refractivity contribution in [1.82, 2.24) is 0 Å². The molecule has 0 spiro atoms. The lowest BCUT2D eigenvalue weighted by molar-refractivity contribution is -0.177. The van der Waals surface area contributed by atoms with E-state index in [0.29, 0.717) is 25.2 Å². The molecule has 0 bridgehead atoms. The summed E-state index contributed by atoms with van der Waals surface area (Å²) in [7, 11) is 0. The van der Waals surface area contributed by atoms with Gasteiger partial charge in [0.2, 0.25) is 0 Å². The van der Waals surface area contributed by atoms with Crippen molar-refractivity contribution in [3.63, 3.8) is 0 Å². The van der Waals surface area contributed by atoms with Gasteiger partial charge in [-0.3, -0.25) is 9.59 Å². The predicted molar refractivity (Wildman–Crippen MR) is 194 cm³/mol. The molecule has 1 saturated carbocycles. The molecule has 2 aromatic carbocycles. The van der Waals surface area contributed by atoms with Crippen molar-refractivity contribution in [1.29, 1.82) is 0 Å². The van der Waals surface area contributed by atoms with Crippen molar-refractivity contribution >= 4 is 23.5 Å². The quantitative estimate of drug-likeness (QED) is 0.125. The molecule has 4 rings (SSSR count). The average molecular weight is 683 g/mol. The van der Waals surface area contributed by atoms with Crippen LogP contribution in [0.4, 0.5) is 0 Å². The van der Waals surface area contributed by atoms with Crippen LogP contribution >= 0.6 is 11.6 Å². The minimum absolute atomic E-state index is 0.0416. The molecule has 2 aromatic rings. The van der Waals surface area contributed by atoms with E-state index in [1.807, 2.05) is 24.3 Å². The SMILES string of the molecule is CCCCc1cc(CCCC)c2c(c1CCC)OC(CCOc1ccc(CC(Cl)C(=O)O)cc1)(C(C)C)C(OC(=O)C1CCCCC1)C2. The third-order valence-corrected chi connectivity index (χ3v) is 10.9. The van der Waals surface area contributed by atoms with E-state index in [9.17, 15) is 14.7 Å². The Bertz CT molecular complexity index is 1330. The van der Waals surface area contributed by atoms with Gasteiger partial charge in [-0.25, -0.2) is 0 Å². The Kier molecular flexibility index (Phi) is 14.5.